The molecular formula is C14H25N3. The van der Waals surface area contributed by atoms with Gasteiger partial charge in [-0.3, -0.25) is 0 Å². The second kappa shape index (κ2) is 4.45. The van der Waals surface area contributed by atoms with Gasteiger partial charge in [0, 0.05) is 29.4 Å². The molecule has 0 spiro atoms. The Bertz CT molecular complexity index is 373. The SMILES string of the molecule is CC(C)n1cncc1C1CC1CNC(C)(C)C. The Morgan fingerprint density at radius 2 is 2.18 bits per heavy atom. The van der Waals surface area contributed by atoms with Gasteiger partial charge in [0.1, 0.15) is 0 Å². The van der Waals surface area contributed by atoms with Crippen LogP contribution in [-0.2, 0) is 0 Å². The highest BCUT2D eigenvalue weighted by Crippen LogP contribution is 2.47. The van der Waals surface area contributed by atoms with Gasteiger partial charge in [-0.05, 0) is 53.5 Å². The summed E-state index contributed by atoms with van der Waals surface area (Å²) in [7, 11) is 0. The Hall–Kier alpha value is -0.830. The maximum absolute atomic E-state index is 4.29. The van der Waals surface area contributed by atoms with Gasteiger partial charge in [0.05, 0.1) is 6.33 Å². The third kappa shape index (κ3) is 3.09. The van der Waals surface area contributed by atoms with Crippen molar-refractivity contribution in [1.82, 2.24) is 14.9 Å². The highest BCUT2D eigenvalue weighted by molar-refractivity contribution is 5.17. The van der Waals surface area contributed by atoms with Crippen molar-refractivity contribution >= 4 is 0 Å². The van der Waals surface area contributed by atoms with E-state index in [1.807, 2.05) is 12.5 Å². The zero-order chi connectivity index (χ0) is 12.6. The zero-order valence-electron chi connectivity index (χ0n) is 11.7. The van der Waals surface area contributed by atoms with E-state index in [9.17, 15) is 0 Å². The number of rotatable bonds is 4. The number of imidazole rings is 1. The van der Waals surface area contributed by atoms with E-state index >= 15 is 0 Å². The molecule has 0 aromatic carbocycles. The van der Waals surface area contributed by atoms with Crippen molar-refractivity contribution < 1.29 is 0 Å². The van der Waals surface area contributed by atoms with Crippen LogP contribution in [0.15, 0.2) is 12.5 Å². The van der Waals surface area contributed by atoms with Crippen LogP contribution in [0.25, 0.3) is 0 Å². The van der Waals surface area contributed by atoms with Crippen molar-refractivity contribution in [3.63, 3.8) is 0 Å². The van der Waals surface area contributed by atoms with Crippen LogP contribution in [0.2, 0.25) is 0 Å². The van der Waals surface area contributed by atoms with E-state index in [1.54, 1.807) is 0 Å². The van der Waals surface area contributed by atoms with Crippen molar-refractivity contribution in [2.75, 3.05) is 6.54 Å². The molecule has 1 aromatic rings. The summed E-state index contributed by atoms with van der Waals surface area (Å²) in [6.07, 6.45) is 5.32. The number of hydrogen-bond acceptors (Lipinski definition) is 2. The number of aromatic nitrogens is 2. The van der Waals surface area contributed by atoms with E-state index in [0.717, 1.165) is 18.4 Å². The maximum Gasteiger partial charge on any atom is 0.0950 e. The second-order valence-corrected chi connectivity index (χ2v) is 6.55. The first-order valence-corrected chi connectivity index (χ1v) is 6.65. The van der Waals surface area contributed by atoms with Crippen molar-refractivity contribution in [2.24, 2.45) is 5.92 Å². The van der Waals surface area contributed by atoms with Gasteiger partial charge in [0.25, 0.3) is 0 Å². The van der Waals surface area contributed by atoms with Crippen molar-refractivity contribution in [3.05, 3.63) is 18.2 Å². The van der Waals surface area contributed by atoms with E-state index in [2.05, 4.69) is 49.5 Å². The average molecular weight is 235 g/mol. The minimum absolute atomic E-state index is 0.228. The van der Waals surface area contributed by atoms with Crippen LogP contribution in [0.5, 0.6) is 0 Å². The van der Waals surface area contributed by atoms with E-state index in [1.165, 1.54) is 12.1 Å². The van der Waals surface area contributed by atoms with Crippen molar-refractivity contribution in [2.45, 2.75) is 58.5 Å². The normalized spacial score (nSPS) is 24.4. The molecule has 3 heteroatoms. The van der Waals surface area contributed by atoms with Gasteiger partial charge in [-0.15, -0.1) is 0 Å². The second-order valence-electron chi connectivity index (χ2n) is 6.55. The fraction of sp³-hybridized carbons (Fsp3) is 0.786. The molecule has 1 saturated carbocycles. The standard InChI is InChI=1S/C14H25N3/c1-10(2)17-9-15-8-13(17)12-6-11(12)7-16-14(3,4)5/h8-12,16H,6-7H2,1-5H3. The van der Waals surface area contributed by atoms with Crippen LogP contribution in [0, 0.1) is 5.92 Å². The summed E-state index contributed by atoms with van der Waals surface area (Å²) in [5, 5.41) is 3.59. The number of nitrogens with one attached hydrogen (secondary N) is 1. The molecular weight excluding hydrogens is 210 g/mol. The topological polar surface area (TPSA) is 29.9 Å². The lowest BCUT2D eigenvalue weighted by atomic mass is 10.1. The van der Waals surface area contributed by atoms with Gasteiger partial charge in [0.15, 0.2) is 0 Å². The summed E-state index contributed by atoms with van der Waals surface area (Å²) in [6, 6.07) is 0.518. The Labute approximate surface area is 105 Å². The average Bonchev–Trinajstić information content (AvgIpc) is 2.80. The molecule has 2 unspecified atom stereocenters. The van der Waals surface area contributed by atoms with E-state index < -0.39 is 0 Å². The summed E-state index contributed by atoms with van der Waals surface area (Å²) in [4.78, 5) is 4.29. The molecule has 0 amide bonds. The molecule has 1 aliphatic rings. The van der Waals surface area contributed by atoms with Gasteiger partial charge in [-0.25, -0.2) is 4.98 Å². The summed E-state index contributed by atoms with van der Waals surface area (Å²) in [6.45, 7) is 12.2. The molecule has 17 heavy (non-hydrogen) atoms. The Kier molecular flexibility index (Phi) is 3.30. The largest absolute Gasteiger partial charge is 0.332 e. The molecule has 96 valence electrons. The third-order valence-corrected chi connectivity index (χ3v) is 3.45. The minimum atomic E-state index is 0.228. The quantitative estimate of drug-likeness (QED) is 0.869. The monoisotopic (exact) mass is 235 g/mol. The molecule has 1 aromatic heterocycles. The van der Waals surface area contributed by atoms with Crippen molar-refractivity contribution in [1.29, 1.82) is 0 Å². The van der Waals surface area contributed by atoms with E-state index in [-0.39, 0.29) is 5.54 Å². The summed E-state index contributed by atoms with van der Waals surface area (Å²) < 4.78 is 2.31. The van der Waals surface area contributed by atoms with Crippen LogP contribution in [0.4, 0.5) is 0 Å². The Morgan fingerprint density at radius 3 is 2.76 bits per heavy atom. The van der Waals surface area contributed by atoms with Crippen LogP contribution < -0.4 is 5.32 Å². The first-order valence-electron chi connectivity index (χ1n) is 6.65. The molecule has 1 heterocycles. The van der Waals surface area contributed by atoms with Crippen LogP contribution in [0.1, 0.15) is 58.7 Å². The van der Waals surface area contributed by atoms with Gasteiger partial charge in [-0.2, -0.15) is 0 Å². The van der Waals surface area contributed by atoms with Crippen LogP contribution in [-0.4, -0.2) is 21.6 Å². The fourth-order valence-corrected chi connectivity index (χ4v) is 2.31. The molecule has 0 saturated heterocycles. The molecule has 2 atom stereocenters. The number of hydrogen-bond donors (Lipinski definition) is 1. The van der Waals surface area contributed by atoms with Gasteiger partial charge >= 0.3 is 0 Å². The summed E-state index contributed by atoms with van der Waals surface area (Å²) in [5.41, 5.74) is 1.64. The lowest BCUT2D eigenvalue weighted by Crippen LogP contribution is -2.37. The smallest absolute Gasteiger partial charge is 0.0950 e. The molecule has 2 rings (SSSR count). The van der Waals surface area contributed by atoms with E-state index in [4.69, 9.17) is 0 Å². The zero-order valence-corrected chi connectivity index (χ0v) is 11.7. The molecule has 0 bridgehead atoms. The van der Waals surface area contributed by atoms with Gasteiger partial charge in [0.2, 0.25) is 0 Å². The Balaban J connectivity index is 1.92. The predicted molar refractivity (Wildman–Crippen MR) is 71.2 cm³/mol. The van der Waals surface area contributed by atoms with Gasteiger partial charge in [-0.1, -0.05) is 0 Å². The highest BCUT2D eigenvalue weighted by Gasteiger charge is 2.40. The van der Waals surface area contributed by atoms with Crippen molar-refractivity contribution in [3.8, 4) is 0 Å². The molecule has 1 aliphatic carbocycles. The summed E-state index contributed by atoms with van der Waals surface area (Å²) in [5.74, 6) is 1.51. The molecule has 0 aliphatic heterocycles. The predicted octanol–water partition coefficient (Wildman–Crippen LogP) is 2.96. The van der Waals surface area contributed by atoms with Crippen LogP contribution >= 0.6 is 0 Å². The highest BCUT2D eigenvalue weighted by atomic mass is 15.1. The molecule has 0 radical (unpaired) electrons. The van der Waals surface area contributed by atoms with Gasteiger partial charge < -0.3 is 9.88 Å². The lowest BCUT2D eigenvalue weighted by molar-refractivity contribution is 0.413. The first-order chi connectivity index (χ1) is 7.88. The molecule has 1 fully saturated rings. The maximum atomic E-state index is 4.29. The first kappa shape index (κ1) is 12.6. The van der Waals surface area contributed by atoms with E-state index in [0.29, 0.717) is 6.04 Å². The number of nitrogens with zero attached hydrogens (tertiary/aromatic N) is 2. The van der Waals surface area contributed by atoms with Crippen LogP contribution in [0.3, 0.4) is 0 Å². The molecule has 1 N–H and O–H groups in total. The molecule has 3 nitrogen and oxygen atoms in total. The minimum Gasteiger partial charge on any atom is -0.332 e. The lowest BCUT2D eigenvalue weighted by Gasteiger charge is -2.20. The Morgan fingerprint density at radius 1 is 1.47 bits per heavy atom. The third-order valence-electron chi connectivity index (χ3n) is 3.45. The summed E-state index contributed by atoms with van der Waals surface area (Å²) >= 11 is 0. The fourth-order valence-electron chi connectivity index (χ4n) is 2.31.